The number of nitrogens with one attached hydrogen (secondary N) is 2. The molecule has 8 nitrogen and oxygen atoms in total. The van der Waals surface area contributed by atoms with E-state index in [1.807, 2.05) is 0 Å². The number of benzene rings is 2. The first-order valence-corrected chi connectivity index (χ1v) is 8.37. The average Bonchev–Trinajstić information content (AvgIpc) is 3.17. The molecule has 0 aliphatic rings. The molecule has 0 bridgehead atoms. The number of carbonyl (C=O) groups is 2. The molecule has 0 saturated carbocycles. The Morgan fingerprint density at radius 1 is 1.04 bits per heavy atom. The van der Waals surface area contributed by atoms with E-state index in [-0.39, 0.29) is 23.7 Å². The number of amides is 2. The lowest BCUT2D eigenvalue weighted by Crippen LogP contribution is -2.14. The number of alkyl halides is 1. The first-order chi connectivity index (χ1) is 13.1. The van der Waals surface area contributed by atoms with Crippen LogP contribution in [0.1, 0.15) is 10.4 Å². The lowest BCUT2D eigenvalue weighted by molar-refractivity contribution is -0.113. The zero-order valence-electron chi connectivity index (χ0n) is 14.2. The van der Waals surface area contributed by atoms with Gasteiger partial charge < -0.3 is 14.5 Å². The first kappa shape index (κ1) is 18.4. The third-order valence-corrected chi connectivity index (χ3v) is 3.78. The summed E-state index contributed by atoms with van der Waals surface area (Å²) < 4.78 is 10.6. The van der Waals surface area contributed by atoms with E-state index >= 15 is 0 Å². The number of methoxy groups -OCH3 is 1. The molecule has 2 aromatic carbocycles. The molecule has 0 aliphatic heterocycles. The minimum atomic E-state index is -0.421. The lowest BCUT2D eigenvalue weighted by Gasteiger charge is -2.04. The molecule has 2 amide bonds. The van der Waals surface area contributed by atoms with E-state index in [1.165, 1.54) is 0 Å². The molecule has 9 heteroatoms. The molecule has 2 N–H and O–H groups in total. The number of carbonyl (C=O) groups excluding carboxylic acids is 2. The maximum absolute atomic E-state index is 12.3. The van der Waals surface area contributed by atoms with Crippen molar-refractivity contribution in [1.29, 1.82) is 0 Å². The summed E-state index contributed by atoms with van der Waals surface area (Å²) in [4.78, 5) is 23.5. The van der Waals surface area contributed by atoms with Crippen LogP contribution < -0.4 is 15.4 Å². The fraction of sp³-hybridized carbons (Fsp3) is 0.111. The van der Waals surface area contributed by atoms with Crippen molar-refractivity contribution in [3.8, 4) is 17.2 Å². The molecule has 0 saturated heterocycles. The molecular weight excluding hydrogens is 372 g/mol. The van der Waals surface area contributed by atoms with Gasteiger partial charge in [0.05, 0.1) is 7.11 Å². The van der Waals surface area contributed by atoms with Crippen LogP contribution in [0.3, 0.4) is 0 Å². The highest BCUT2D eigenvalue weighted by molar-refractivity contribution is 6.29. The van der Waals surface area contributed by atoms with Crippen molar-refractivity contribution in [2.75, 3.05) is 23.6 Å². The average molecular weight is 387 g/mol. The van der Waals surface area contributed by atoms with Crippen molar-refractivity contribution >= 4 is 35.1 Å². The molecule has 1 heterocycles. The number of ether oxygens (including phenoxy) is 1. The largest absolute Gasteiger partial charge is 0.497 e. The van der Waals surface area contributed by atoms with E-state index in [2.05, 4.69) is 20.8 Å². The van der Waals surface area contributed by atoms with Crippen LogP contribution in [0.25, 0.3) is 11.5 Å². The zero-order chi connectivity index (χ0) is 19.2. The van der Waals surface area contributed by atoms with E-state index in [0.29, 0.717) is 22.6 Å². The summed E-state index contributed by atoms with van der Waals surface area (Å²) >= 11 is 5.43. The summed E-state index contributed by atoms with van der Waals surface area (Å²) in [7, 11) is 1.58. The smallest absolute Gasteiger partial charge is 0.322 e. The van der Waals surface area contributed by atoms with Crippen LogP contribution in [-0.4, -0.2) is 35.0 Å². The Kier molecular flexibility index (Phi) is 5.68. The van der Waals surface area contributed by atoms with Crippen LogP contribution in [0.4, 0.5) is 11.7 Å². The second-order valence-corrected chi connectivity index (χ2v) is 5.62. The molecule has 0 fully saturated rings. The number of halogens is 1. The third-order valence-electron chi connectivity index (χ3n) is 3.53. The van der Waals surface area contributed by atoms with E-state index in [1.54, 1.807) is 55.6 Å². The number of hydrogen-bond acceptors (Lipinski definition) is 6. The van der Waals surface area contributed by atoms with Gasteiger partial charge in [0.15, 0.2) is 0 Å². The number of nitrogens with zero attached hydrogens (tertiary/aromatic N) is 2. The quantitative estimate of drug-likeness (QED) is 0.630. The van der Waals surface area contributed by atoms with E-state index in [0.717, 1.165) is 0 Å². The maximum atomic E-state index is 12.3. The van der Waals surface area contributed by atoms with Crippen LogP contribution in [0.2, 0.25) is 0 Å². The number of aromatic nitrogens is 2. The van der Waals surface area contributed by atoms with Crippen molar-refractivity contribution in [2.24, 2.45) is 0 Å². The summed E-state index contributed by atoms with van der Waals surface area (Å²) in [5.41, 5.74) is 1.60. The topological polar surface area (TPSA) is 106 Å². The summed E-state index contributed by atoms with van der Waals surface area (Å²) in [5, 5.41) is 12.8. The fourth-order valence-corrected chi connectivity index (χ4v) is 2.26. The monoisotopic (exact) mass is 386 g/mol. The van der Waals surface area contributed by atoms with Gasteiger partial charge in [-0.05, 0) is 48.5 Å². The molecule has 0 atom stereocenters. The molecule has 0 aliphatic carbocycles. The minimum absolute atomic E-state index is 0.0228. The van der Waals surface area contributed by atoms with Crippen molar-refractivity contribution in [3.05, 3.63) is 54.1 Å². The number of hydrogen-bond donors (Lipinski definition) is 2. The molecule has 0 unspecified atom stereocenters. The molecule has 3 aromatic rings. The van der Waals surface area contributed by atoms with E-state index in [4.69, 9.17) is 20.8 Å². The first-order valence-electron chi connectivity index (χ1n) is 7.84. The summed E-state index contributed by atoms with van der Waals surface area (Å²) in [6.07, 6.45) is 0. The third kappa shape index (κ3) is 4.62. The Bertz CT molecular complexity index is 939. The zero-order valence-corrected chi connectivity index (χ0v) is 15.0. The van der Waals surface area contributed by atoms with Gasteiger partial charge in [-0.1, -0.05) is 5.10 Å². The second kappa shape index (κ2) is 8.33. The highest BCUT2D eigenvalue weighted by atomic mass is 35.5. The van der Waals surface area contributed by atoms with Gasteiger partial charge in [0.1, 0.15) is 11.6 Å². The summed E-state index contributed by atoms with van der Waals surface area (Å²) in [6, 6.07) is 13.3. The van der Waals surface area contributed by atoms with Crippen molar-refractivity contribution < 1.29 is 18.7 Å². The number of rotatable bonds is 6. The molecule has 27 heavy (non-hydrogen) atoms. The van der Waals surface area contributed by atoms with Gasteiger partial charge in [-0.3, -0.25) is 14.9 Å². The second-order valence-electron chi connectivity index (χ2n) is 5.35. The van der Waals surface area contributed by atoms with Crippen LogP contribution in [-0.2, 0) is 4.79 Å². The SMILES string of the molecule is COc1ccc(-c2nnc(NC(=O)c3ccc(NC(=O)CCl)cc3)o2)cc1. The Balaban J connectivity index is 1.65. The van der Waals surface area contributed by atoms with Gasteiger partial charge in [-0.25, -0.2) is 0 Å². The van der Waals surface area contributed by atoms with E-state index in [9.17, 15) is 9.59 Å². The highest BCUT2D eigenvalue weighted by Gasteiger charge is 2.13. The Morgan fingerprint density at radius 2 is 1.74 bits per heavy atom. The Hall–Kier alpha value is -3.39. The summed E-state index contributed by atoms with van der Waals surface area (Å²) in [6.45, 7) is 0. The van der Waals surface area contributed by atoms with Crippen LogP contribution in [0.15, 0.2) is 52.9 Å². The molecular formula is C18H15ClN4O4. The van der Waals surface area contributed by atoms with E-state index < -0.39 is 5.91 Å². The lowest BCUT2D eigenvalue weighted by atomic mass is 10.2. The molecule has 1 aromatic heterocycles. The van der Waals surface area contributed by atoms with Crippen molar-refractivity contribution in [3.63, 3.8) is 0 Å². The minimum Gasteiger partial charge on any atom is -0.497 e. The predicted molar refractivity (Wildman–Crippen MR) is 100 cm³/mol. The molecule has 0 spiro atoms. The van der Waals surface area contributed by atoms with Crippen LogP contribution in [0.5, 0.6) is 5.75 Å². The Labute approximate surface area is 159 Å². The standard InChI is InChI=1S/C18H15ClN4O4/c1-26-14-8-4-12(5-9-14)17-22-23-18(27-17)21-16(25)11-2-6-13(7-3-11)20-15(24)10-19/h2-9H,10H2,1H3,(H,20,24)(H,21,23,25). The molecule has 0 radical (unpaired) electrons. The van der Waals surface area contributed by atoms with Gasteiger partial charge in [-0.2, -0.15) is 0 Å². The van der Waals surface area contributed by atoms with Gasteiger partial charge in [0, 0.05) is 16.8 Å². The molecule has 3 rings (SSSR count). The summed E-state index contributed by atoms with van der Waals surface area (Å²) in [5.74, 6) is 0.0844. The van der Waals surface area contributed by atoms with Gasteiger partial charge in [-0.15, -0.1) is 16.7 Å². The fourth-order valence-electron chi connectivity index (χ4n) is 2.19. The molecule has 138 valence electrons. The van der Waals surface area contributed by atoms with Crippen LogP contribution in [0, 0.1) is 0 Å². The highest BCUT2D eigenvalue weighted by Crippen LogP contribution is 2.22. The van der Waals surface area contributed by atoms with Gasteiger partial charge in [0.25, 0.3) is 5.91 Å². The van der Waals surface area contributed by atoms with Crippen molar-refractivity contribution in [2.45, 2.75) is 0 Å². The van der Waals surface area contributed by atoms with Crippen molar-refractivity contribution in [1.82, 2.24) is 10.2 Å². The predicted octanol–water partition coefficient (Wildman–Crippen LogP) is 3.17. The van der Waals surface area contributed by atoms with Crippen LogP contribution >= 0.6 is 11.6 Å². The van der Waals surface area contributed by atoms with Gasteiger partial charge >= 0.3 is 6.01 Å². The maximum Gasteiger partial charge on any atom is 0.322 e. The van der Waals surface area contributed by atoms with Gasteiger partial charge in [0.2, 0.25) is 11.8 Å². The normalized spacial score (nSPS) is 10.3. The number of anilines is 2. The Morgan fingerprint density at radius 3 is 2.37 bits per heavy atom.